The van der Waals surface area contributed by atoms with E-state index in [9.17, 15) is 4.79 Å². The molecule has 0 atom stereocenters. The molecule has 5 nitrogen and oxygen atoms in total. The molecule has 0 spiro atoms. The minimum Gasteiger partial charge on any atom is -0.478 e. The van der Waals surface area contributed by atoms with E-state index in [0.29, 0.717) is 0 Å². The standard InChI is InChI=1S/C13H9N3O2S/c17-11(18)4-2-8-1-3-10-9(7-8)16-12-13(19-10)15-6-5-14-12/h1-7H,(H,14,16)(H,17,18)/b4-2+. The molecule has 19 heavy (non-hydrogen) atoms. The lowest BCUT2D eigenvalue weighted by Gasteiger charge is -2.18. The van der Waals surface area contributed by atoms with Crippen LogP contribution in [0, 0.1) is 0 Å². The third kappa shape index (κ3) is 2.43. The largest absolute Gasteiger partial charge is 0.478 e. The van der Waals surface area contributed by atoms with Gasteiger partial charge < -0.3 is 10.4 Å². The van der Waals surface area contributed by atoms with Gasteiger partial charge in [0.2, 0.25) is 0 Å². The number of nitrogens with one attached hydrogen (secondary N) is 1. The van der Waals surface area contributed by atoms with Crippen molar-refractivity contribution >= 4 is 35.3 Å². The van der Waals surface area contributed by atoms with Gasteiger partial charge in [0.1, 0.15) is 5.03 Å². The molecule has 0 saturated carbocycles. The minimum absolute atomic E-state index is 0.722. The highest BCUT2D eigenvalue weighted by atomic mass is 32.2. The number of carboxylic acid groups (broad SMARTS) is 1. The van der Waals surface area contributed by atoms with E-state index in [0.717, 1.165) is 33.1 Å². The Balaban J connectivity index is 1.94. The van der Waals surface area contributed by atoms with Gasteiger partial charge >= 0.3 is 5.97 Å². The summed E-state index contributed by atoms with van der Waals surface area (Å²) in [7, 11) is 0. The van der Waals surface area contributed by atoms with Crippen LogP contribution in [0.4, 0.5) is 11.5 Å². The molecule has 94 valence electrons. The summed E-state index contributed by atoms with van der Waals surface area (Å²) in [5.41, 5.74) is 1.73. The fourth-order valence-corrected chi connectivity index (χ4v) is 2.60. The number of benzene rings is 1. The van der Waals surface area contributed by atoms with Gasteiger partial charge in [-0.2, -0.15) is 0 Å². The van der Waals surface area contributed by atoms with Crippen LogP contribution in [0.2, 0.25) is 0 Å². The van der Waals surface area contributed by atoms with Crippen LogP contribution in [0.1, 0.15) is 5.56 Å². The van der Waals surface area contributed by atoms with Gasteiger partial charge in [-0.3, -0.25) is 0 Å². The van der Waals surface area contributed by atoms with E-state index >= 15 is 0 Å². The molecule has 0 fully saturated rings. The molecule has 1 aliphatic heterocycles. The van der Waals surface area contributed by atoms with Gasteiger partial charge in [0, 0.05) is 23.4 Å². The van der Waals surface area contributed by atoms with Crippen molar-refractivity contribution in [3.05, 3.63) is 42.2 Å². The van der Waals surface area contributed by atoms with E-state index < -0.39 is 5.97 Å². The maximum Gasteiger partial charge on any atom is 0.328 e. The molecular weight excluding hydrogens is 262 g/mol. The Labute approximate surface area is 113 Å². The van der Waals surface area contributed by atoms with Crippen molar-refractivity contribution in [3.63, 3.8) is 0 Å². The molecule has 0 radical (unpaired) electrons. The summed E-state index contributed by atoms with van der Waals surface area (Å²) in [6.07, 6.45) is 5.96. The molecule has 0 saturated heterocycles. The predicted octanol–water partition coefficient (Wildman–Crippen LogP) is 2.78. The van der Waals surface area contributed by atoms with Gasteiger partial charge in [-0.25, -0.2) is 14.8 Å². The first-order chi connectivity index (χ1) is 9.22. The molecule has 2 aromatic rings. The number of anilines is 2. The lowest BCUT2D eigenvalue weighted by Crippen LogP contribution is -2.03. The smallest absolute Gasteiger partial charge is 0.328 e. The molecule has 0 unspecified atom stereocenters. The van der Waals surface area contributed by atoms with Crippen LogP contribution in [-0.2, 0) is 4.79 Å². The fraction of sp³-hybridized carbons (Fsp3) is 0. The molecule has 0 amide bonds. The number of hydrogen-bond acceptors (Lipinski definition) is 5. The van der Waals surface area contributed by atoms with E-state index in [2.05, 4.69) is 15.3 Å². The van der Waals surface area contributed by atoms with Crippen LogP contribution in [-0.4, -0.2) is 21.0 Å². The summed E-state index contributed by atoms with van der Waals surface area (Å²) in [4.78, 5) is 20.0. The molecule has 0 bridgehead atoms. The second-order valence-corrected chi connectivity index (χ2v) is 4.89. The highest BCUT2D eigenvalue weighted by molar-refractivity contribution is 7.99. The summed E-state index contributed by atoms with van der Waals surface area (Å²) in [6, 6.07) is 5.69. The number of hydrogen-bond donors (Lipinski definition) is 2. The zero-order valence-electron chi connectivity index (χ0n) is 9.70. The minimum atomic E-state index is -0.962. The van der Waals surface area contributed by atoms with Crippen molar-refractivity contribution < 1.29 is 9.90 Å². The van der Waals surface area contributed by atoms with Crippen LogP contribution in [0.5, 0.6) is 0 Å². The highest BCUT2D eigenvalue weighted by Gasteiger charge is 2.17. The highest BCUT2D eigenvalue weighted by Crippen LogP contribution is 2.42. The van der Waals surface area contributed by atoms with Crippen molar-refractivity contribution in [3.8, 4) is 0 Å². The predicted molar refractivity (Wildman–Crippen MR) is 72.5 cm³/mol. The van der Waals surface area contributed by atoms with Gasteiger partial charge in [-0.05, 0) is 23.8 Å². The second kappa shape index (κ2) is 4.74. The quantitative estimate of drug-likeness (QED) is 0.698. The summed E-state index contributed by atoms with van der Waals surface area (Å²) in [6.45, 7) is 0. The third-order valence-corrected chi connectivity index (χ3v) is 3.61. The van der Waals surface area contributed by atoms with Gasteiger partial charge in [-0.15, -0.1) is 0 Å². The van der Waals surface area contributed by atoms with Crippen molar-refractivity contribution in [1.82, 2.24) is 9.97 Å². The van der Waals surface area contributed by atoms with Crippen LogP contribution in [0.15, 0.2) is 46.6 Å². The topological polar surface area (TPSA) is 75.1 Å². The van der Waals surface area contributed by atoms with Gasteiger partial charge in [0.25, 0.3) is 0 Å². The van der Waals surface area contributed by atoms with Crippen LogP contribution < -0.4 is 5.32 Å². The monoisotopic (exact) mass is 271 g/mol. The van der Waals surface area contributed by atoms with E-state index in [-0.39, 0.29) is 0 Å². The summed E-state index contributed by atoms with van der Waals surface area (Å²) >= 11 is 1.54. The average molecular weight is 271 g/mol. The number of fused-ring (bicyclic) bond motifs is 2. The Morgan fingerprint density at radius 1 is 1.32 bits per heavy atom. The Kier molecular flexibility index (Phi) is 2.92. The Bertz CT molecular complexity index is 685. The van der Waals surface area contributed by atoms with Crippen LogP contribution >= 0.6 is 11.8 Å². The summed E-state index contributed by atoms with van der Waals surface area (Å²) in [5.74, 6) is -0.240. The number of carbonyl (C=O) groups is 1. The number of carboxylic acids is 1. The summed E-state index contributed by atoms with van der Waals surface area (Å²) in [5, 5.41) is 12.6. The average Bonchev–Trinajstić information content (AvgIpc) is 2.42. The number of rotatable bonds is 2. The lowest BCUT2D eigenvalue weighted by atomic mass is 10.2. The molecule has 2 heterocycles. The molecule has 0 aliphatic carbocycles. The second-order valence-electron chi connectivity index (χ2n) is 3.86. The Morgan fingerprint density at radius 3 is 3.00 bits per heavy atom. The zero-order chi connectivity index (χ0) is 13.2. The number of nitrogens with zero attached hydrogens (tertiary/aromatic N) is 2. The van der Waals surface area contributed by atoms with E-state index in [1.807, 2.05) is 18.2 Å². The molecular formula is C13H9N3O2S. The van der Waals surface area contributed by atoms with E-state index in [4.69, 9.17) is 5.11 Å². The molecule has 1 aromatic carbocycles. The third-order valence-electron chi connectivity index (χ3n) is 2.55. The van der Waals surface area contributed by atoms with E-state index in [1.165, 1.54) is 11.8 Å². The Morgan fingerprint density at radius 2 is 2.16 bits per heavy atom. The first-order valence-corrected chi connectivity index (χ1v) is 6.35. The molecule has 3 rings (SSSR count). The summed E-state index contributed by atoms with van der Waals surface area (Å²) < 4.78 is 0. The van der Waals surface area contributed by atoms with Gasteiger partial charge in [-0.1, -0.05) is 17.8 Å². The van der Waals surface area contributed by atoms with Crippen LogP contribution in [0.25, 0.3) is 6.08 Å². The zero-order valence-corrected chi connectivity index (χ0v) is 10.5. The lowest BCUT2D eigenvalue weighted by molar-refractivity contribution is -0.131. The normalized spacial score (nSPS) is 12.6. The molecule has 1 aliphatic rings. The first-order valence-electron chi connectivity index (χ1n) is 5.53. The van der Waals surface area contributed by atoms with Crippen molar-refractivity contribution in [2.75, 3.05) is 5.32 Å². The number of aromatic nitrogens is 2. The maximum atomic E-state index is 10.5. The number of aliphatic carboxylic acids is 1. The van der Waals surface area contributed by atoms with Gasteiger partial charge in [0.15, 0.2) is 5.82 Å². The molecule has 2 N–H and O–H groups in total. The molecule has 6 heteroatoms. The van der Waals surface area contributed by atoms with Crippen molar-refractivity contribution in [2.45, 2.75) is 9.92 Å². The van der Waals surface area contributed by atoms with Crippen LogP contribution in [0.3, 0.4) is 0 Å². The Hall–Kier alpha value is -2.34. The van der Waals surface area contributed by atoms with Gasteiger partial charge in [0.05, 0.1) is 5.69 Å². The van der Waals surface area contributed by atoms with Crippen molar-refractivity contribution in [1.29, 1.82) is 0 Å². The molecule has 1 aromatic heterocycles. The fourth-order valence-electron chi connectivity index (χ4n) is 1.72. The SMILES string of the molecule is O=C(O)/C=C/c1ccc2c(c1)Nc1nccnc1S2. The van der Waals surface area contributed by atoms with Crippen molar-refractivity contribution in [2.24, 2.45) is 0 Å². The van der Waals surface area contributed by atoms with E-state index in [1.54, 1.807) is 18.5 Å². The first kappa shape index (κ1) is 11.7. The maximum absolute atomic E-state index is 10.5.